The molecule has 1 aromatic heterocycles. The number of nitrogens with zero attached hydrogens (tertiary/aromatic N) is 2. The van der Waals surface area contributed by atoms with E-state index in [9.17, 15) is 22.8 Å². The molecule has 0 aliphatic carbocycles. The predicted molar refractivity (Wildman–Crippen MR) is 112 cm³/mol. The number of alkyl halides is 3. The predicted octanol–water partition coefficient (Wildman–Crippen LogP) is 4.75. The van der Waals surface area contributed by atoms with Gasteiger partial charge in [-0.1, -0.05) is 23.7 Å². The van der Waals surface area contributed by atoms with Crippen LogP contribution in [-0.4, -0.2) is 28.7 Å². The number of aromatic nitrogens is 2. The van der Waals surface area contributed by atoms with Crippen LogP contribution in [0.3, 0.4) is 0 Å². The smallest absolute Gasteiger partial charge is 0.417 e. The number of carbonyl (C=O) groups excluding carboxylic acids is 2. The Bertz CT molecular complexity index is 1190. The second-order valence-corrected chi connectivity index (χ2v) is 7.44. The van der Waals surface area contributed by atoms with Crippen molar-refractivity contribution in [2.75, 3.05) is 17.7 Å². The molecule has 11 heteroatoms. The summed E-state index contributed by atoms with van der Waals surface area (Å²) < 4.78 is 45.6. The number of ether oxygens (including phenoxy) is 1. The zero-order valence-corrected chi connectivity index (χ0v) is 17.3. The molecule has 4 rings (SSSR count). The molecule has 1 atom stereocenters. The Hall–Kier alpha value is -3.53. The molecule has 0 saturated carbocycles. The number of rotatable bonds is 5. The van der Waals surface area contributed by atoms with Crippen molar-refractivity contribution in [3.8, 4) is 16.9 Å². The van der Waals surface area contributed by atoms with Crippen molar-refractivity contribution in [3.63, 3.8) is 0 Å². The van der Waals surface area contributed by atoms with Gasteiger partial charge in [-0.15, -0.1) is 0 Å². The molecule has 1 aliphatic heterocycles. The molecule has 0 bridgehead atoms. The van der Waals surface area contributed by atoms with Gasteiger partial charge in [-0.2, -0.15) is 18.3 Å². The van der Waals surface area contributed by atoms with Crippen LogP contribution < -0.4 is 15.4 Å². The van der Waals surface area contributed by atoms with Crippen LogP contribution >= 0.6 is 11.6 Å². The van der Waals surface area contributed by atoms with Gasteiger partial charge < -0.3 is 15.4 Å². The molecule has 1 unspecified atom stereocenters. The highest BCUT2D eigenvalue weighted by Crippen LogP contribution is 2.38. The average Bonchev–Trinajstić information content (AvgIpc) is 3.28. The molecular weight excluding hydrogens is 449 g/mol. The molecule has 0 spiro atoms. The van der Waals surface area contributed by atoms with E-state index in [0.717, 1.165) is 17.7 Å². The zero-order chi connectivity index (χ0) is 23.0. The summed E-state index contributed by atoms with van der Waals surface area (Å²) in [5.74, 6) is 0.0240. The molecule has 3 aromatic rings. The minimum absolute atomic E-state index is 0.0789. The molecule has 32 heavy (non-hydrogen) atoms. The lowest BCUT2D eigenvalue weighted by atomic mass is 10.1. The summed E-state index contributed by atoms with van der Waals surface area (Å²) in [6.45, 7) is 0. The first-order chi connectivity index (χ1) is 15.2. The Balaban J connectivity index is 1.51. The van der Waals surface area contributed by atoms with E-state index in [1.165, 1.54) is 10.7 Å². The first kappa shape index (κ1) is 21.7. The summed E-state index contributed by atoms with van der Waals surface area (Å²) in [4.78, 5) is 24.9. The Morgan fingerprint density at radius 3 is 2.62 bits per heavy atom. The summed E-state index contributed by atoms with van der Waals surface area (Å²) in [6.07, 6.45) is -3.41. The summed E-state index contributed by atoms with van der Waals surface area (Å²) in [6, 6.07) is 9.26. The molecule has 2 N–H and O–H groups in total. The summed E-state index contributed by atoms with van der Waals surface area (Å²) in [7, 11) is 1.55. The van der Waals surface area contributed by atoms with Gasteiger partial charge in [0.25, 0.3) is 5.91 Å². The van der Waals surface area contributed by atoms with Crippen LogP contribution in [0.4, 0.5) is 24.7 Å². The van der Waals surface area contributed by atoms with E-state index in [4.69, 9.17) is 16.3 Å². The lowest BCUT2D eigenvalue weighted by molar-refractivity contribution is -0.137. The van der Waals surface area contributed by atoms with E-state index in [-0.39, 0.29) is 12.1 Å². The van der Waals surface area contributed by atoms with Crippen LogP contribution in [0.2, 0.25) is 5.02 Å². The third kappa shape index (κ3) is 4.13. The van der Waals surface area contributed by atoms with E-state index >= 15 is 0 Å². The van der Waals surface area contributed by atoms with Crippen molar-refractivity contribution < 1.29 is 27.5 Å². The van der Waals surface area contributed by atoms with Crippen LogP contribution in [0, 0.1) is 0 Å². The zero-order valence-electron chi connectivity index (χ0n) is 16.5. The van der Waals surface area contributed by atoms with E-state index in [0.29, 0.717) is 17.1 Å². The number of halogens is 4. The Morgan fingerprint density at radius 1 is 1.25 bits per heavy atom. The van der Waals surface area contributed by atoms with Gasteiger partial charge >= 0.3 is 6.18 Å². The summed E-state index contributed by atoms with van der Waals surface area (Å²) in [5.41, 5.74) is 0.313. The topological polar surface area (TPSA) is 85.2 Å². The molecule has 166 valence electrons. The lowest BCUT2D eigenvalue weighted by Crippen LogP contribution is -2.23. The number of fused-ring (bicyclic) bond motifs is 1. The Labute approximate surface area is 185 Å². The van der Waals surface area contributed by atoms with Crippen LogP contribution in [0.25, 0.3) is 11.1 Å². The van der Waals surface area contributed by atoms with Crippen molar-refractivity contribution in [2.45, 2.75) is 18.6 Å². The SMILES string of the molecule is COc1ccc(-c2cnn3c2NC(=O)C3CC(=O)Nc2ccc(Cl)c(C(F)(F)F)c2)cc1. The molecule has 1 aliphatic rings. The Kier molecular flexibility index (Phi) is 5.55. The van der Waals surface area contributed by atoms with Crippen LogP contribution in [0.1, 0.15) is 18.0 Å². The molecule has 2 aromatic carbocycles. The number of nitrogens with one attached hydrogen (secondary N) is 2. The van der Waals surface area contributed by atoms with Crippen LogP contribution in [0.15, 0.2) is 48.7 Å². The van der Waals surface area contributed by atoms with Crippen molar-refractivity contribution in [1.29, 1.82) is 0 Å². The molecule has 0 saturated heterocycles. The van der Waals surface area contributed by atoms with Gasteiger partial charge in [0.15, 0.2) is 0 Å². The van der Waals surface area contributed by atoms with Crippen LogP contribution in [0.5, 0.6) is 5.75 Å². The standard InChI is InChI=1S/C21H16ClF3N4O3/c1-32-13-5-2-11(3-6-13)14-10-26-29-17(20(31)28-19(14)29)9-18(30)27-12-4-7-16(22)15(8-12)21(23,24)25/h2-8,10,17H,9H2,1H3,(H,27,30)(H,28,31). The number of benzene rings is 2. The normalized spacial score (nSPS) is 15.3. The number of methoxy groups -OCH3 is 1. The number of hydrogen-bond acceptors (Lipinski definition) is 4. The number of carbonyl (C=O) groups is 2. The van der Waals surface area contributed by atoms with E-state index < -0.39 is 34.6 Å². The maximum absolute atomic E-state index is 13.0. The molecule has 0 radical (unpaired) electrons. The number of amides is 2. The van der Waals surface area contributed by atoms with E-state index in [1.54, 1.807) is 25.4 Å². The summed E-state index contributed by atoms with van der Waals surface area (Å²) >= 11 is 5.60. The molecular formula is C21H16ClF3N4O3. The summed E-state index contributed by atoms with van der Waals surface area (Å²) in [5, 5.41) is 8.84. The highest BCUT2D eigenvalue weighted by atomic mass is 35.5. The third-order valence-corrected chi connectivity index (χ3v) is 5.30. The van der Waals surface area contributed by atoms with Gasteiger partial charge in [-0.3, -0.25) is 9.59 Å². The van der Waals surface area contributed by atoms with Crippen LogP contribution in [-0.2, 0) is 15.8 Å². The molecule has 2 heterocycles. The van der Waals surface area contributed by atoms with Gasteiger partial charge in [-0.25, -0.2) is 4.68 Å². The molecule has 0 fully saturated rings. The van der Waals surface area contributed by atoms with Crippen molar-refractivity contribution in [3.05, 3.63) is 59.2 Å². The fourth-order valence-electron chi connectivity index (χ4n) is 3.40. The second kappa shape index (κ2) is 8.19. The maximum Gasteiger partial charge on any atom is 0.417 e. The van der Waals surface area contributed by atoms with E-state index in [1.807, 2.05) is 12.1 Å². The number of hydrogen-bond donors (Lipinski definition) is 2. The van der Waals surface area contributed by atoms with Gasteiger partial charge in [0, 0.05) is 11.3 Å². The molecule has 2 amide bonds. The minimum Gasteiger partial charge on any atom is -0.497 e. The average molecular weight is 465 g/mol. The third-order valence-electron chi connectivity index (χ3n) is 4.97. The highest BCUT2D eigenvalue weighted by Gasteiger charge is 2.36. The van der Waals surface area contributed by atoms with Gasteiger partial charge in [-0.05, 0) is 35.9 Å². The Morgan fingerprint density at radius 2 is 1.97 bits per heavy atom. The minimum atomic E-state index is -4.66. The van der Waals surface area contributed by atoms with Crippen molar-refractivity contribution >= 4 is 34.9 Å². The highest BCUT2D eigenvalue weighted by molar-refractivity contribution is 6.31. The maximum atomic E-state index is 13.0. The van der Waals surface area contributed by atoms with Gasteiger partial charge in [0.2, 0.25) is 5.91 Å². The first-order valence-corrected chi connectivity index (χ1v) is 9.74. The largest absolute Gasteiger partial charge is 0.497 e. The lowest BCUT2D eigenvalue weighted by Gasteiger charge is -2.13. The fourth-order valence-corrected chi connectivity index (χ4v) is 3.63. The van der Waals surface area contributed by atoms with Gasteiger partial charge in [0.1, 0.15) is 17.6 Å². The second-order valence-electron chi connectivity index (χ2n) is 7.03. The van der Waals surface area contributed by atoms with Crippen molar-refractivity contribution in [2.24, 2.45) is 0 Å². The van der Waals surface area contributed by atoms with Gasteiger partial charge in [0.05, 0.1) is 30.3 Å². The first-order valence-electron chi connectivity index (χ1n) is 9.37. The quantitative estimate of drug-likeness (QED) is 0.570. The molecule has 7 nitrogen and oxygen atoms in total. The monoisotopic (exact) mass is 464 g/mol. The number of anilines is 2. The van der Waals surface area contributed by atoms with E-state index in [2.05, 4.69) is 15.7 Å². The fraction of sp³-hybridized carbons (Fsp3) is 0.190. The van der Waals surface area contributed by atoms with Crippen molar-refractivity contribution in [1.82, 2.24) is 9.78 Å².